The summed E-state index contributed by atoms with van der Waals surface area (Å²) in [5.74, 6) is 0.234. The minimum Gasteiger partial charge on any atom is -0.364 e. The molecule has 0 spiro atoms. The zero-order valence-corrected chi connectivity index (χ0v) is 10.8. The van der Waals surface area contributed by atoms with Crippen LogP contribution in [0.2, 0.25) is 0 Å². The van der Waals surface area contributed by atoms with Crippen LogP contribution in [0, 0.1) is 0 Å². The number of aryl methyl sites for hydroxylation is 1. The van der Waals surface area contributed by atoms with Gasteiger partial charge < -0.3 is 10.6 Å². The third-order valence-corrected chi connectivity index (χ3v) is 3.27. The van der Waals surface area contributed by atoms with E-state index in [1.165, 1.54) is 26.9 Å². The van der Waals surface area contributed by atoms with Crippen LogP contribution in [0.15, 0.2) is 9.59 Å². The predicted molar refractivity (Wildman–Crippen MR) is 68.9 cm³/mol. The molecule has 1 aromatic heterocycles. The molecule has 2 rings (SSSR count). The summed E-state index contributed by atoms with van der Waals surface area (Å²) in [7, 11) is 2.99. The van der Waals surface area contributed by atoms with E-state index in [1.807, 2.05) is 0 Å². The van der Waals surface area contributed by atoms with Gasteiger partial charge in [-0.25, -0.2) is 9.48 Å². The second-order valence-electron chi connectivity index (χ2n) is 4.63. The standard InChI is InChI=1S/C11H19N5O2/c1-15-10(17)9(14-16(2)11(15)18)13-7-5-8-4-3-6-12-8/h8,12H,3-7H2,1-2H3,(H,13,14)/t8-/m0/s1. The molecule has 1 aromatic rings. The molecule has 0 aromatic carbocycles. The van der Waals surface area contributed by atoms with Crippen LogP contribution in [0.25, 0.3) is 0 Å². The summed E-state index contributed by atoms with van der Waals surface area (Å²) >= 11 is 0. The highest BCUT2D eigenvalue weighted by atomic mass is 16.2. The van der Waals surface area contributed by atoms with E-state index in [0.717, 1.165) is 22.2 Å². The molecule has 1 aliphatic rings. The first-order chi connectivity index (χ1) is 8.59. The first-order valence-electron chi connectivity index (χ1n) is 6.21. The second kappa shape index (κ2) is 5.34. The molecule has 1 saturated heterocycles. The van der Waals surface area contributed by atoms with Crippen molar-refractivity contribution in [2.45, 2.75) is 25.3 Å². The van der Waals surface area contributed by atoms with Crippen molar-refractivity contribution in [1.29, 1.82) is 0 Å². The average molecular weight is 253 g/mol. The van der Waals surface area contributed by atoms with E-state index in [0.29, 0.717) is 12.6 Å². The monoisotopic (exact) mass is 253 g/mol. The van der Waals surface area contributed by atoms with E-state index < -0.39 is 5.69 Å². The molecule has 0 radical (unpaired) electrons. The number of aromatic nitrogens is 3. The van der Waals surface area contributed by atoms with Gasteiger partial charge in [-0.3, -0.25) is 9.36 Å². The molecule has 0 amide bonds. The Kier molecular flexibility index (Phi) is 3.81. The molecule has 2 N–H and O–H groups in total. The third kappa shape index (κ3) is 2.61. The van der Waals surface area contributed by atoms with Crippen LogP contribution < -0.4 is 21.9 Å². The normalized spacial score (nSPS) is 19.1. The van der Waals surface area contributed by atoms with Gasteiger partial charge in [-0.1, -0.05) is 0 Å². The Hall–Kier alpha value is -1.63. The minimum atomic E-state index is -0.414. The molecule has 1 atom stereocenters. The van der Waals surface area contributed by atoms with Crippen molar-refractivity contribution < 1.29 is 0 Å². The number of anilines is 1. The highest BCUT2D eigenvalue weighted by molar-refractivity contribution is 5.29. The summed E-state index contributed by atoms with van der Waals surface area (Å²) in [6.45, 7) is 1.75. The summed E-state index contributed by atoms with van der Waals surface area (Å²) in [5.41, 5.74) is -0.791. The maximum atomic E-state index is 11.8. The van der Waals surface area contributed by atoms with Crippen molar-refractivity contribution in [2.24, 2.45) is 14.1 Å². The van der Waals surface area contributed by atoms with Crippen molar-refractivity contribution in [3.8, 4) is 0 Å². The van der Waals surface area contributed by atoms with Crippen LogP contribution in [0.4, 0.5) is 5.82 Å². The Bertz CT molecular complexity index is 527. The van der Waals surface area contributed by atoms with Gasteiger partial charge in [0.15, 0.2) is 0 Å². The smallest absolute Gasteiger partial charge is 0.346 e. The van der Waals surface area contributed by atoms with E-state index in [-0.39, 0.29) is 11.4 Å². The first kappa shape index (κ1) is 12.8. The Morgan fingerprint density at radius 1 is 1.44 bits per heavy atom. The third-order valence-electron chi connectivity index (χ3n) is 3.27. The summed E-state index contributed by atoms with van der Waals surface area (Å²) in [4.78, 5) is 23.2. The van der Waals surface area contributed by atoms with Crippen LogP contribution in [-0.2, 0) is 14.1 Å². The Morgan fingerprint density at radius 2 is 2.22 bits per heavy atom. The number of rotatable bonds is 4. The van der Waals surface area contributed by atoms with Gasteiger partial charge in [-0.15, -0.1) is 5.10 Å². The summed E-state index contributed by atoms with van der Waals surface area (Å²) in [5, 5.41) is 10.3. The lowest BCUT2D eigenvalue weighted by atomic mass is 10.1. The topological polar surface area (TPSA) is 81.0 Å². The van der Waals surface area contributed by atoms with Gasteiger partial charge in [0.2, 0.25) is 5.82 Å². The molecule has 0 unspecified atom stereocenters. The average Bonchev–Trinajstić information content (AvgIpc) is 2.86. The largest absolute Gasteiger partial charge is 0.364 e. The lowest BCUT2D eigenvalue weighted by molar-refractivity contribution is 0.568. The molecule has 0 aliphatic carbocycles. The van der Waals surface area contributed by atoms with Crippen molar-refractivity contribution >= 4 is 5.82 Å². The molecule has 100 valence electrons. The maximum Gasteiger partial charge on any atom is 0.346 e. The molecule has 18 heavy (non-hydrogen) atoms. The minimum absolute atomic E-state index is 0.234. The van der Waals surface area contributed by atoms with Gasteiger partial charge in [-0.2, -0.15) is 0 Å². The Morgan fingerprint density at radius 3 is 2.89 bits per heavy atom. The number of hydrogen-bond donors (Lipinski definition) is 2. The molecule has 7 nitrogen and oxygen atoms in total. The highest BCUT2D eigenvalue weighted by Gasteiger charge is 2.14. The number of nitrogens with zero attached hydrogens (tertiary/aromatic N) is 3. The van der Waals surface area contributed by atoms with Crippen LogP contribution in [0.3, 0.4) is 0 Å². The van der Waals surface area contributed by atoms with E-state index in [2.05, 4.69) is 15.7 Å². The highest BCUT2D eigenvalue weighted by Crippen LogP contribution is 2.08. The molecule has 0 bridgehead atoms. The molecule has 1 aliphatic heterocycles. The lowest BCUT2D eigenvalue weighted by Crippen LogP contribution is -2.40. The fourth-order valence-electron chi connectivity index (χ4n) is 2.18. The lowest BCUT2D eigenvalue weighted by Gasteiger charge is -2.11. The van der Waals surface area contributed by atoms with Crippen molar-refractivity contribution in [2.75, 3.05) is 18.4 Å². The molecule has 2 heterocycles. The summed E-state index contributed by atoms with van der Waals surface area (Å²) in [6.07, 6.45) is 3.35. The van der Waals surface area contributed by atoms with Gasteiger partial charge in [-0.05, 0) is 25.8 Å². The van der Waals surface area contributed by atoms with Crippen LogP contribution in [0.5, 0.6) is 0 Å². The molecule has 7 heteroatoms. The van der Waals surface area contributed by atoms with Crippen LogP contribution >= 0.6 is 0 Å². The quantitative estimate of drug-likeness (QED) is 0.722. The van der Waals surface area contributed by atoms with Gasteiger partial charge in [0.25, 0.3) is 5.56 Å². The maximum absolute atomic E-state index is 11.8. The Balaban J connectivity index is 2.01. The second-order valence-corrected chi connectivity index (χ2v) is 4.63. The SMILES string of the molecule is Cn1nc(NCC[C@@H]2CCCN2)c(=O)n(C)c1=O. The molecule has 1 fully saturated rings. The molecule has 0 saturated carbocycles. The summed E-state index contributed by atoms with van der Waals surface area (Å²) < 4.78 is 2.22. The van der Waals surface area contributed by atoms with Gasteiger partial charge in [0, 0.05) is 26.7 Å². The van der Waals surface area contributed by atoms with Crippen molar-refractivity contribution in [3.05, 3.63) is 20.8 Å². The first-order valence-corrected chi connectivity index (χ1v) is 6.21. The van der Waals surface area contributed by atoms with Crippen LogP contribution in [-0.4, -0.2) is 33.5 Å². The molecular weight excluding hydrogens is 234 g/mol. The number of nitrogens with one attached hydrogen (secondary N) is 2. The van der Waals surface area contributed by atoms with Gasteiger partial charge in [0.1, 0.15) is 0 Å². The van der Waals surface area contributed by atoms with E-state index >= 15 is 0 Å². The zero-order valence-electron chi connectivity index (χ0n) is 10.8. The van der Waals surface area contributed by atoms with E-state index in [9.17, 15) is 9.59 Å². The van der Waals surface area contributed by atoms with E-state index in [4.69, 9.17) is 0 Å². The van der Waals surface area contributed by atoms with Crippen molar-refractivity contribution in [3.63, 3.8) is 0 Å². The van der Waals surface area contributed by atoms with Crippen LogP contribution in [0.1, 0.15) is 19.3 Å². The van der Waals surface area contributed by atoms with E-state index in [1.54, 1.807) is 0 Å². The van der Waals surface area contributed by atoms with Gasteiger partial charge in [0.05, 0.1) is 0 Å². The van der Waals surface area contributed by atoms with Gasteiger partial charge >= 0.3 is 5.69 Å². The molecular formula is C11H19N5O2. The fraction of sp³-hybridized carbons (Fsp3) is 0.727. The predicted octanol–water partition coefficient (Wildman–Crippen LogP) is -0.967. The van der Waals surface area contributed by atoms with Crippen molar-refractivity contribution in [1.82, 2.24) is 19.7 Å². The summed E-state index contributed by atoms with van der Waals surface area (Å²) in [6, 6.07) is 0.522. The number of hydrogen-bond acceptors (Lipinski definition) is 5. The fourth-order valence-corrected chi connectivity index (χ4v) is 2.18. The zero-order chi connectivity index (χ0) is 13.1. The Labute approximate surface area is 105 Å².